The maximum Gasteiger partial charge on any atom is 0.0602 e. The molecule has 96 valence electrons. The highest BCUT2D eigenvalue weighted by molar-refractivity contribution is 4.85. The summed E-state index contributed by atoms with van der Waals surface area (Å²) in [4.78, 5) is 2.37. The van der Waals surface area contributed by atoms with Crippen LogP contribution >= 0.6 is 0 Å². The van der Waals surface area contributed by atoms with Crippen LogP contribution in [0.4, 0.5) is 0 Å². The average Bonchev–Trinajstić information content (AvgIpc) is 2.20. The number of aliphatic hydroxyl groups is 1. The van der Waals surface area contributed by atoms with Crippen molar-refractivity contribution in [2.45, 2.75) is 52.1 Å². The second kappa shape index (κ2) is 6.58. The van der Waals surface area contributed by atoms with Gasteiger partial charge in [0.2, 0.25) is 0 Å². The fourth-order valence-electron chi connectivity index (χ4n) is 2.43. The van der Waals surface area contributed by atoms with E-state index >= 15 is 0 Å². The predicted molar refractivity (Wildman–Crippen MR) is 68.3 cm³/mol. The van der Waals surface area contributed by atoms with E-state index in [0.717, 1.165) is 19.0 Å². The third kappa shape index (κ3) is 3.44. The van der Waals surface area contributed by atoms with Gasteiger partial charge >= 0.3 is 0 Å². The third-order valence-corrected chi connectivity index (χ3v) is 3.99. The molecule has 0 aliphatic heterocycles. The largest absolute Gasteiger partial charge is 0.395 e. The van der Waals surface area contributed by atoms with Crippen LogP contribution in [0, 0.1) is 11.8 Å². The molecule has 2 atom stereocenters. The van der Waals surface area contributed by atoms with Crippen LogP contribution in [-0.4, -0.2) is 41.8 Å². The van der Waals surface area contributed by atoms with Crippen molar-refractivity contribution in [2.75, 3.05) is 19.7 Å². The van der Waals surface area contributed by atoms with E-state index in [1.165, 1.54) is 19.3 Å². The molecular weight excluding hydrogens is 200 g/mol. The molecular formula is C13H28N2O. The van der Waals surface area contributed by atoms with Crippen molar-refractivity contribution in [3.8, 4) is 0 Å². The van der Waals surface area contributed by atoms with Gasteiger partial charge in [0.1, 0.15) is 0 Å². The average molecular weight is 228 g/mol. The summed E-state index contributed by atoms with van der Waals surface area (Å²) in [5.41, 5.74) is 6.18. The molecule has 3 heteroatoms. The molecule has 16 heavy (non-hydrogen) atoms. The molecule has 3 nitrogen and oxygen atoms in total. The molecule has 1 aliphatic carbocycles. The van der Waals surface area contributed by atoms with Gasteiger partial charge < -0.3 is 10.8 Å². The number of rotatable bonds is 7. The highest BCUT2D eigenvalue weighted by atomic mass is 16.3. The Morgan fingerprint density at radius 1 is 1.38 bits per heavy atom. The minimum Gasteiger partial charge on any atom is -0.395 e. The standard InChI is InChI=1S/C13H28N2O/c1-4-15(8-11-6-5-7-11)12(9-16)13(14)10(2)3/h10-13,16H,4-9,14H2,1-3H3. The highest BCUT2D eigenvalue weighted by Crippen LogP contribution is 2.28. The SMILES string of the molecule is CCN(CC1CCC1)C(CO)C(N)C(C)C. The van der Waals surface area contributed by atoms with Gasteiger partial charge in [0.15, 0.2) is 0 Å². The van der Waals surface area contributed by atoms with Gasteiger partial charge in [-0.1, -0.05) is 27.2 Å². The molecule has 2 unspecified atom stereocenters. The van der Waals surface area contributed by atoms with E-state index in [9.17, 15) is 5.11 Å². The molecule has 0 bridgehead atoms. The Bertz CT molecular complexity index is 192. The van der Waals surface area contributed by atoms with Crippen molar-refractivity contribution in [3.63, 3.8) is 0 Å². The fourth-order valence-corrected chi connectivity index (χ4v) is 2.43. The zero-order valence-electron chi connectivity index (χ0n) is 11.0. The van der Waals surface area contributed by atoms with Crippen LogP contribution in [0.3, 0.4) is 0 Å². The predicted octanol–water partition coefficient (Wildman–Crippen LogP) is 1.45. The van der Waals surface area contributed by atoms with E-state index < -0.39 is 0 Å². The van der Waals surface area contributed by atoms with Crippen LogP contribution in [-0.2, 0) is 0 Å². The summed E-state index contributed by atoms with van der Waals surface area (Å²) in [6, 6.07) is 0.204. The quantitative estimate of drug-likeness (QED) is 0.693. The Kier molecular flexibility index (Phi) is 5.73. The number of nitrogens with zero attached hydrogens (tertiary/aromatic N) is 1. The lowest BCUT2D eigenvalue weighted by Gasteiger charge is -2.39. The van der Waals surface area contributed by atoms with E-state index in [1.807, 2.05) is 0 Å². The van der Waals surface area contributed by atoms with Crippen molar-refractivity contribution in [3.05, 3.63) is 0 Å². The van der Waals surface area contributed by atoms with Crippen molar-refractivity contribution >= 4 is 0 Å². The van der Waals surface area contributed by atoms with Crippen LogP contribution in [0.5, 0.6) is 0 Å². The first kappa shape index (κ1) is 13.9. The Balaban J connectivity index is 2.51. The van der Waals surface area contributed by atoms with Gasteiger partial charge in [-0.3, -0.25) is 4.90 Å². The first-order valence-electron chi connectivity index (χ1n) is 6.70. The highest BCUT2D eigenvalue weighted by Gasteiger charge is 2.28. The zero-order valence-corrected chi connectivity index (χ0v) is 11.0. The van der Waals surface area contributed by atoms with Crippen molar-refractivity contribution in [1.82, 2.24) is 4.90 Å². The third-order valence-electron chi connectivity index (χ3n) is 3.99. The normalized spacial score (nSPS) is 21.2. The number of hydrogen-bond donors (Lipinski definition) is 2. The number of aliphatic hydroxyl groups excluding tert-OH is 1. The monoisotopic (exact) mass is 228 g/mol. The molecule has 1 rings (SSSR count). The van der Waals surface area contributed by atoms with E-state index in [-0.39, 0.29) is 18.7 Å². The number of nitrogens with two attached hydrogens (primary N) is 1. The lowest BCUT2D eigenvalue weighted by molar-refractivity contribution is 0.0687. The molecule has 3 N–H and O–H groups in total. The second-order valence-electron chi connectivity index (χ2n) is 5.46. The molecule has 1 saturated carbocycles. The van der Waals surface area contributed by atoms with E-state index in [2.05, 4.69) is 25.7 Å². The van der Waals surface area contributed by atoms with E-state index in [1.54, 1.807) is 0 Å². The van der Waals surface area contributed by atoms with Crippen LogP contribution in [0.1, 0.15) is 40.0 Å². The maximum atomic E-state index is 9.53. The zero-order chi connectivity index (χ0) is 12.1. The summed E-state index contributed by atoms with van der Waals surface area (Å²) in [5.74, 6) is 1.26. The van der Waals surface area contributed by atoms with Crippen LogP contribution in [0.2, 0.25) is 0 Å². The smallest absolute Gasteiger partial charge is 0.0602 e. The van der Waals surface area contributed by atoms with Crippen molar-refractivity contribution in [1.29, 1.82) is 0 Å². The Morgan fingerprint density at radius 2 is 2.00 bits per heavy atom. The van der Waals surface area contributed by atoms with Gasteiger partial charge in [-0.2, -0.15) is 0 Å². The van der Waals surface area contributed by atoms with Crippen LogP contribution in [0.15, 0.2) is 0 Å². The molecule has 0 spiro atoms. The molecule has 0 amide bonds. The van der Waals surface area contributed by atoms with Gasteiger partial charge in [-0.25, -0.2) is 0 Å². The first-order chi connectivity index (χ1) is 7.60. The van der Waals surface area contributed by atoms with Gasteiger partial charge in [0.05, 0.1) is 6.61 Å². The minimum atomic E-state index is 0.0741. The lowest BCUT2D eigenvalue weighted by Crippen LogP contribution is -2.53. The van der Waals surface area contributed by atoms with Crippen molar-refractivity contribution in [2.24, 2.45) is 17.6 Å². The van der Waals surface area contributed by atoms with Crippen LogP contribution < -0.4 is 5.73 Å². The second-order valence-corrected chi connectivity index (χ2v) is 5.46. The van der Waals surface area contributed by atoms with Gasteiger partial charge in [0.25, 0.3) is 0 Å². The summed E-state index contributed by atoms with van der Waals surface area (Å²) in [6.07, 6.45) is 4.08. The Morgan fingerprint density at radius 3 is 2.31 bits per heavy atom. The van der Waals surface area contributed by atoms with Crippen molar-refractivity contribution < 1.29 is 5.11 Å². The lowest BCUT2D eigenvalue weighted by atomic mass is 9.84. The van der Waals surface area contributed by atoms with Gasteiger partial charge in [-0.15, -0.1) is 0 Å². The Hall–Kier alpha value is -0.120. The maximum absolute atomic E-state index is 9.53. The summed E-state index contributed by atoms with van der Waals surface area (Å²) in [7, 11) is 0. The van der Waals surface area contributed by atoms with Crippen LogP contribution in [0.25, 0.3) is 0 Å². The van der Waals surface area contributed by atoms with E-state index in [0.29, 0.717) is 5.92 Å². The van der Waals surface area contributed by atoms with Gasteiger partial charge in [0, 0.05) is 18.6 Å². The number of hydrogen-bond acceptors (Lipinski definition) is 3. The molecule has 0 aromatic rings. The summed E-state index contributed by atoms with van der Waals surface area (Å²) in [6.45, 7) is 8.70. The first-order valence-corrected chi connectivity index (χ1v) is 6.70. The topological polar surface area (TPSA) is 49.5 Å². The number of likely N-dealkylation sites (N-methyl/N-ethyl adjacent to an activating group) is 1. The molecule has 0 heterocycles. The molecule has 0 saturated heterocycles. The minimum absolute atomic E-state index is 0.0741. The molecule has 1 fully saturated rings. The van der Waals surface area contributed by atoms with Gasteiger partial charge in [-0.05, 0) is 31.2 Å². The summed E-state index contributed by atoms with van der Waals surface area (Å²) in [5, 5.41) is 9.53. The molecule has 0 aromatic carbocycles. The fraction of sp³-hybridized carbons (Fsp3) is 1.00. The summed E-state index contributed by atoms with van der Waals surface area (Å²) < 4.78 is 0. The Labute approximate surface area is 100 Å². The molecule has 0 aromatic heterocycles. The summed E-state index contributed by atoms with van der Waals surface area (Å²) >= 11 is 0. The van der Waals surface area contributed by atoms with E-state index in [4.69, 9.17) is 5.73 Å². The molecule has 1 aliphatic rings. The molecule has 0 radical (unpaired) electrons.